The molecule has 3 N–H and O–H groups in total. The van der Waals surface area contributed by atoms with Gasteiger partial charge in [0.1, 0.15) is 5.76 Å². The first-order valence-electron chi connectivity index (χ1n) is 7.82. The molecular weight excluding hydrogens is 308 g/mol. The van der Waals surface area contributed by atoms with E-state index >= 15 is 0 Å². The number of carbonyl (C=O) groups excluding carboxylic acids is 2. The first-order valence-corrected chi connectivity index (χ1v) is 7.82. The van der Waals surface area contributed by atoms with Crippen LogP contribution in [0.25, 0.3) is 0 Å². The Balaban J connectivity index is 1.95. The lowest BCUT2D eigenvalue weighted by Gasteiger charge is -2.16. The lowest BCUT2D eigenvalue weighted by atomic mass is 10.1. The van der Waals surface area contributed by atoms with Crippen molar-refractivity contribution in [3.63, 3.8) is 0 Å². The fraction of sp³-hybridized carbons (Fsp3) is 0.353. The highest BCUT2D eigenvalue weighted by Gasteiger charge is 2.17. The Bertz CT molecular complexity index is 711. The van der Waals surface area contributed by atoms with Crippen LogP contribution in [-0.4, -0.2) is 30.1 Å². The second-order valence-electron chi connectivity index (χ2n) is 5.43. The molecule has 7 heteroatoms. The van der Waals surface area contributed by atoms with Crippen LogP contribution in [0.1, 0.15) is 35.0 Å². The number of carbonyl (C=O) groups is 2. The van der Waals surface area contributed by atoms with Crippen molar-refractivity contribution < 1.29 is 14.1 Å². The van der Waals surface area contributed by atoms with Gasteiger partial charge in [0.15, 0.2) is 5.82 Å². The Morgan fingerprint density at radius 2 is 2.08 bits per heavy atom. The standard InChI is InChI=1S/C17H22N4O3/c1-4-14(17(23)20-15-8-11(2)24-21-15)19-10-12-6-5-7-13(9-12)16(22)18-3/h5-9,14,19H,4,10H2,1-3H3,(H,18,22)(H,20,21,23)/t14-/m1/s1. The van der Waals surface area contributed by atoms with Gasteiger partial charge in [-0.25, -0.2) is 0 Å². The molecule has 2 aromatic rings. The maximum absolute atomic E-state index is 12.3. The molecule has 0 saturated carbocycles. The number of amides is 2. The molecule has 128 valence electrons. The number of benzene rings is 1. The molecule has 2 amide bonds. The SMILES string of the molecule is CC[C@@H](NCc1cccc(C(=O)NC)c1)C(=O)Nc1cc(C)on1. The molecule has 0 aliphatic carbocycles. The van der Waals surface area contributed by atoms with E-state index in [9.17, 15) is 9.59 Å². The van der Waals surface area contributed by atoms with E-state index < -0.39 is 0 Å². The van der Waals surface area contributed by atoms with Crippen molar-refractivity contribution in [2.45, 2.75) is 32.9 Å². The summed E-state index contributed by atoms with van der Waals surface area (Å²) in [4.78, 5) is 23.9. The molecule has 0 radical (unpaired) electrons. The number of aromatic nitrogens is 1. The topological polar surface area (TPSA) is 96.3 Å². The van der Waals surface area contributed by atoms with Gasteiger partial charge in [-0.2, -0.15) is 0 Å². The normalized spacial score (nSPS) is 11.8. The molecule has 24 heavy (non-hydrogen) atoms. The second kappa shape index (κ2) is 8.26. The molecule has 1 aromatic heterocycles. The monoisotopic (exact) mass is 330 g/mol. The molecule has 0 spiro atoms. The Morgan fingerprint density at radius 1 is 1.29 bits per heavy atom. The third-order valence-electron chi connectivity index (χ3n) is 3.57. The van der Waals surface area contributed by atoms with Gasteiger partial charge in [0.2, 0.25) is 5.91 Å². The first kappa shape index (κ1) is 17.7. The number of nitrogens with zero attached hydrogens (tertiary/aromatic N) is 1. The molecule has 1 atom stereocenters. The summed E-state index contributed by atoms with van der Waals surface area (Å²) >= 11 is 0. The van der Waals surface area contributed by atoms with Crippen LogP contribution in [0.5, 0.6) is 0 Å². The number of hydrogen-bond donors (Lipinski definition) is 3. The Hall–Kier alpha value is -2.67. The lowest BCUT2D eigenvalue weighted by molar-refractivity contribution is -0.118. The van der Waals surface area contributed by atoms with Gasteiger partial charge in [0.05, 0.1) is 6.04 Å². The minimum atomic E-state index is -0.370. The number of hydrogen-bond acceptors (Lipinski definition) is 5. The van der Waals surface area contributed by atoms with Gasteiger partial charge >= 0.3 is 0 Å². The van der Waals surface area contributed by atoms with E-state index in [-0.39, 0.29) is 17.9 Å². The van der Waals surface area contributed by atoms with E-state index in [4.69, 9.17) is 4.52 Å². The summed E-state index contributed by atoms with van der Waals surface area (Å²) in [6.07, 6.45) is 0.623. The smallest absolute Gasteiger partial charge is 0.251 e. The summed E-state index contributed by atoms with van der Waals surface area (Å²) in [6, 6.07) is 8.57. The van der Waals surface area contributed by atoms with Crippen LogP contribution in [-0.2, 0) is 11.3 Å². The van der Waals surface area contributed by atoms with Gasteiger partial charge in [-0.1, -0.05) is 24.2 Å². The third kappa shape index (κ3) is 4.66. The van der Waals surface area contributed by atoms with Crippen LogP contribution >= 0.6 is 0 Å². The van der Waals surface area contributed by atoms with E-state index in [1.54, 1.807) is 32.2 Å². The van der Waals surface area contributed by atoms with Crippen LogP contribution in [0.15, 0.2) is 34.9 Å². The zero-order valence-electron chi connectivity index (χ0n) is 14.1. The molecule has 1 heterocycles. The molecule has 7 nitrogen and oxygen atoms in total. The fourth-order valence-corrected chi connectivity index (χ4v) is 2.27. The van der Waals surface area contributed by atoms with Crippen molar-refractivity contribution in [1.82, 2.24) is 15.8 Å². The van der Waals surface area contributed by atoms with Gasteiger partial charge < -0.3 is 20.5 Å². The third-order valence-corrected chi connectivity index (χ3v) is 3.57. The number of anilines is 1. The molecule has 0 fully saturated rings. The predicted molar refractivity (Wildman–Crippen MR) is 90.6 cm³/mol. The largest absolute Gasteiger partial charge is 0.360 e. The summed E-state index contributed by atoms with van der Waals surface area (Å²) in [5.41, 5.74) is 1.52. The van der Waals surface area contributed by atoms with E-state index in [1.807, 2.05) is 19.1 Å². The molecule has 0 unspecified atom stereocenters. The molecule has 0 bridgehead atoms. The average Bonchev–Trinajstić information content (AvgIpc) is 2.99. The quantitative estimate of drug-likeness (QED) is 0.720. The minimum Gasteiger partial charge on any atom is -0.360 e. The van der Waals surface area contributed by atoms with E-state index in [0.717, 1.165) is 5.56 Å². The molecule has 1 aromatic carbocycles. The molecule has 0 aliphatic rings. The highest BCUT2D eigenvalue weighted by molar-refractivity contribution is 5.94. The molecule has 0 saturated heterocycles. The molecule has 2 rings (SSSR count). The van der Waals surface area contributed by atoms with Crippen LogP contribution in [0.2, 0.25) is 0 Å². The number of nitrogens with one attached hydrogen (secondary N) is 3. The van der Waals surface area contributed by atoms with Crippen molar-refractivity contribution in [2.75, 3.05) is 12.4 Å². The number of rotatable bonds is 7. The van der Waals surface area contributed by atoms with Crippen LogP contribution in [0.4, 0.5) is 5.82 Å². The summed E-state index contributed by atoms with van der Waals surface area (Å²) in [7, 11) is 1.59. The zero-order chi connectivity index (χ0) is 17.5. The van der Waals surface area contributed by atoms with E-state index in [2.05, 4.69) is 21.1 Å². The second-order valence-corrected chi connectivity index (χ2v) is 5.43. The van der Waals surface area contributed by atoms with Gasteiger partial charge in [0, 0.05) is 25.2 Å². The maximum atomic E-state index is 12.3. The Kier molecular flexibility index (Phi) is 6.08. The van der Waals surface area contributed by atoms with Crippen molar-refractivity contribution >= 4 is 17.6 Å². The number of aryl methyl sites for hydroxylation is 1. The van der Waals surface area contributed by atoms with Gasteiger partial charge in [-0.15, -0.1) is 0 Å². The van der Waals surface area contributed by atoms with Crippen LogP contribution in [0.3, 0.4) is 0 Å². The summed E-state index contributed by atoms with van der Waals surface area (Å²) in [6.45, 7) is 4.17. The van der Waals surface area contributed by atoms with Crippen LogP contribution in [0, 0.1) is 6.92 Å². The molecule has 0 aliphatic heterocycles. The van der Waals surface area contributed by atoms with Gasteiger partial charge in [-0.3, -0.25) is 9.59 Å². The summed E-state index contributed by atoms with van der Waals surface area (Å²) in [5, 5.41) is 12.3. The van der Waals surface area contributed by atoms with Gasteiger partial charge in [-0.05, 0) is 31.0 Å². The highest BCUT2D eigenvalue weighted by atomic mass is 16.5. The summed E-state index contributed by atoms with van der Waals surface area (Å²) in [5.74, 6) is 0.730. The average molecular weight is 330 g/mol. The van der Waals surface area contributed by atoms with Crippen molar-refractivity contribution in [3.05, 3.63) is 47.2 Å². The Labute approximate surface area is 140 Å². The molecular formula is C17H22N4O3. The predicted octanol–water partition coefficient (Wildman–Crippen LogP) is 1.85. The van der Waals surface area contributed by atoms with Gasteiger partial charge in [0.25, 0.3) is 5.91 Å². The summed E-state index contributed by atoms with van der Waals surface area (Å²) < 4.78 is 4.93. The zero-order valence-corrected chi connectivity index (χ0v) is 14.1. The first-order chi connectivity index (χ1) is 11.5. The lowest BCUT2D eigenvalue weighted by Crippen LogP contribution is -2.39. The Morgan fingerprint density at radius 3 is 2.71 bits per heavy atom. The maximum Gasteiger partial charge on any atom is 0.251 e. The van der Waals surface area contributed by atoms with E-state index in [0.29, 0.717) is 30.1 Å². The van der Waals surface area contributed by atoms with E-state index in [1.165, 1.54) is 0 Å². The van der Waals surface area contributed by atoms with Crippen molar-refractivity contribution in [2.24, 2.45) is 0 Å². The van der Waals surface area contributed by atoms with Crippen molar-refractivity contribution in [1.29, 1.82) is 0 Å². The van der Waals surface area contributed by atoms with Crippen molar-refractivity contribution in [3.8, 4) is 0 Å². The minimum absolute atomic E-state index is 0.136. The highest BCUT2D eigenvalue weighted by Crippen LogP contribution is 2.09. The van der Waals surface area contributed by atoms with Crippen LogP contribution < -0.4 is 16.0 Å². The fourth-order valence-electron chi connectivity index (χ4n) is 2.27.